The fraction of sp³-hybridized carbons (Fsp3) is 0.615. The second-order valence-corrected chi connectivity index (χ2v) is 11.9. The van der Waals surface area contributed by atoms with Gasteiger partial charge in [-0.1, -0.05) is 23.7 Å². The summed E-state index contributed by atoms with van der Waals surface area (Å²) in [5.41, 5.74) is 2.27. The van der Waals surface area contributed by atoms with E-state index in [1.807, 2.05) is 29.3 Å². The van der Waals surface area contributed by atoms with Gasteiger partial charge in [0.15, 0.2) is 10.7 Å². The molecule has 3 saturated heterocycles. The Bertz CT molecular complexity index is 986. The van der Waals surface area contributed by atoms with E-state index in [-0.39, 0.29) is 11.4 Å². The number of amidine groups is 1. The number of nitrogens with zero attached hydrogens (tertiary/aromatic N) is 5. The smallest absolute Gasteiger partial charge is 0.226 e. The summed E-state index contributed by atoms with van der Waals surface area (Å²) in [5.74, 6) is 0.569. The van der Waals surface area contributed by atoms with Gasteiger partial charge in [0.1, 0.15) is 0 Å². The number of benzene rings is 1. The molecular weight excluding hydrogens is 480 g/mol. The molecule has 3 fully saturated rings. The minimum absolute atomic E-state index is 0.0923. The predicted octanol–water partition coefficient (Wildman–Crippen LogP) is 4.03. The van der Waals surface area contributed by atoms with Crippen LogP contribution in [-0.2, 0) is 4.79 Å². The Morgan fingerprint density at radius 1 is 1.00 bits per heavy atom. The van der Waals surface area contributed by atoms with E-state index in [4.69, 9.17) is 16.7 Å². The van der Waals surface area contributed by atoms with Gasteiger partial charge in [-0.15, -0.1) is 5.10 Å². The fourth-order valence-corrected chi connectivity index (χ4v) is 7.25. The van der Waals surface area contributed by atoms with Gasteiger partial charge in [-0.2, -0.15) is 0 Å². The molecule has 1 amide bonds. The first-order valence-electron chi connectivity index (χ1n) is 13.2. The Morgan fingerprint density at radius 3 is 2.49 bits per heavy atom. The van der Waals surface area contributed by atoms with Gasteiger partial charge >= 0.3 is 0 Å². The van der Waals surface area contributed by atoms with Gasteiger partial charge in [0.25, 0.3) is 0 Å². The van der Waals surface area contributed by atoms with Crippen molar-refractivity contribution in [2.75, 3.05) is 39.3 Å². The second-order valence-electron chi connectivity index (χ2n) is 10.4. The zero-order chi connectivity index (χ0) is 23.8. The molecule has 1 aromatic rings. The van der Waals surface area contributed by atoms with E-state index in [9.17, 15) is 4.79 Å². The van der Waals surface area contributed by atoms with E-state index >= 15 is 0 Å². The molecule has 188 valence electrons. The third kappa shape index (κ3) is 5.02. The lowest BCUT2D eigenvalue weighted by molar-refractivity contribution is -0.141. The number of hydrazone groups is 1. The number of halogens is 1. The summed E-state index contributed by atoms with van der Waals surface area (Å²) in [7, 11) is 0. The number of hydrogen-bond donors (Lipinski definition) is 1. The molecule has 5 heterocycles. The van der Waals surface area contributed by atoms with Crippen LogP contribution in [-0.4, -0.2) is 81.6 Å². The molecule has 6 rings (SSSR count). The third-order valence-electron chi connectivity index (χ3n) is 8.05. The molecule has 1 N–H and O–H groups in total. The van der Waals surface area contributed by atoms with Gasteiger partial charge in [-0.25, -0.2) is 5.01 Å². The van der Waals surface area contributed by atoms with E-state index in [0.29, 0.717) is 11.9 Å². The number of hydrogen-bond acceptors (Lipinski definition) is 7. The number of fused-ring (bicyclic) bond motifs is 1. The van der Waals surface area contributed by atoms with E-state index in [1.54, 1.807) is 11.8 Å². The molecule has 0 radical (unpaired) electrons. The first kappa shape index (κ1) is 23.5. The van der Waals surface area contributed by atoms with Crippen LogP contribution in [0.4, 0.5) is 0 Å². The van der Waals surface area contributed by atoms with E-state index in [0.717, 1.165) is 66.9 Å². The number of carbonyl (C=O) groups excluding carboxylic acids is 1. The molecule has 5 aliphatic rings. The maximum atomic E-state index is 13.5. The molecule has 7 nitrogen and oxygen atoms in total. The third-order valence-corrected chi connectivity index (χ3v) is 9.41. The highest BCUT2D eigenvalue weighted by Gasteiger charge is 2.38. The average molecular weight is 515 g/mol. The van der Waals surface area contributed by atoms with Crippen LogP contribution in [0.5, 0.6) is 0 Å². The van der Waals surface area contributed by atoms with Gasteiger partial charge < -0.3 is 20.0 Å². The lowest BCUT2D eigenvalue weighted by Gasteiger charge is -2.41. The summed E-state index contributed by atoms with van der Waals surface area (Å²) < 4.78 is 0. The van der Waals surface area contributed by atoms with E-state index < -0.39 is 0 Å². The molecular formula is C26H35ClN6OS. The van der Waals surface area contributed by atoms with Crippen molar-refractivity contribution in [1.29, 1.82) is 0 Å². The van der Waals surface area contributed by atoms with Crippen molar-refractivity contribution in [3.8, 4) is 0 Å². The van der Waals surface area contributed by atoms with Crippen LogP contribution in [0, 0.1) is 5.92 Å². The molecule has 0 spiro atoms. The summed E-state index contributed by atoms with van der Waals surface area (Å²) in [6.07, 6.45) is 10.1. The Morgan fingerprint density at radius 2 is 1.74 bits per heavy atom. The Balaban J connectivity index is 1.04. The van der Waals surface area contributed by atoms with Gasteiger partial charge in [0.05, 0.1) is 11.9 Å². The number of rotatable bonds is 4. The van der Waals surface area contributed by atoms with Crippen LogP contribution in [0.25, 0.3) is 5.70 Å². The highest BCUT2D eigenvalue weighted by molar-refractivity contribution is 8.14. The van der Waals surface area contributed by atoms with Gasteiger partial charge in [-0.05, 0) is 87.5 Å². The first-order valence-corrected chi connectivity index (χ1v) is 14.5. The highest BCUT2D eigenvalue weighted by Crippen LogP contribution is 2.35. The van der Waals surface area contributed by atoms with Crippen LogP contribution in [0.3, 0.4) is 0 Å². The Hall–Kier alpha value is -1.90. The SMILES string of the molecule is O=C(C1CCN(C2=NN3C=C(c4ccc(Cl)cc4)NC3S2)CC1)N1CCCCC1CN1CCCC1. The van der Waals surface area contributed by atoms with Gasteiger partial charge in [0, 0.05) is 43.2 Å². The number of thioether (sulfide) groups is 1. The van der Waals surface area contributed by atoms with Crippen molar-refractivity contribution in [2.45, 2.75) is 56.5 Å². The number of carbonyl (C=O) groups is 1. The van der Waals surface area contributed by atoms with E-state index in [1.165, 1.54) is 38.8 Å². The number of amides is 1. The normalized spacial score (nSPS) is 27.6. The zero-order valence-electron chi connectivity index (χ0n) is 20.2. The lowest BCUT2D eigenvalue weighted by Crippen LogP contribution is -2.52. The molecule has 1 aromatic carbocycles. The van der Waals surface area contributed by atoms with Gasteiger partial charge in [-0.3, -0.25) is 4.79 Å². The molecule has 2 unspecified atom stereocenters. The molecule has 35 heavy (non-hydrogen) atoms. The first-order chi connectivity index (χ1) is 17.1. The summed E-state index contributed by atoms with van der Waals surface area (Å²) in [4.78, 5) is 20.7. The standard InChI is InChI=1S/C26H35ClN6OS/c27-21-8-6-19(7-9-21)23-18-33-25(28-23)35-26(29-33)31-15-10-20(11-16-31)24(34)32-14-2-1-5-22(32)17-30-12-3-4-13-30/h6-9,18,20,22,25,28H,1-5,10-17H2. The van der Waals surface area contributed by atoms with Crippen LogP contribution in [0.1, 0.15) is 50.5 Å². The summed E-state index contributed by atoms with van der Waals surface area (Å²) in [6, 6.07) is 8.29. The van der Waals surface area contributed by atoms with Crippen molar-refractivity contribution in [3.63, 3.8) is 0 Å². The van der Waals surface area contributed by atoms with Crippen LogP contribution in [0.15, 0.2) is 35.6 Å². The lowest BCUT2D eigenvalue weighted by atomic mass is 9.92. The van der Waals surface area contributed by atoms with Crippen molar-refractivity contribution in [3.05, 3.63) is 41.1 Å². The molecule has 9 heteroatoms. The topological polar surface area (TPSA) is 54.4 Å². The predicted molar refractivity (Wildman–Crippen MR) is 143 cm³/mol. The summed E-state index contributed by atoms with van der Waals surface area (Å²) >= 11 is 7.78. The summed E-state index contributed by atoms with van der Waals surface area (Å²) in [6.45, 7) is 6.25. The number of piperidine rings is 2. The maximum absolute atomic E-state index is 13.5. The molecule has 0 bridgehead atoms. The molecule has 0 aromatic heterocycles. The minimum atomic E-state index is 0.0923. The van der Waals surface area contributed by atoms with Crippen LogP contribution < -0.4 is 5.32 Å². The monoisotopic (exact) mass is 514 g/mol. The molecule has 5 aliphatic heterocycles. The fourth-order valence-electron chi connectivity index (χ4n) is 6.04. The second kappa shape index (κ2) is 10.2. The van der Waals surface area contributed by atoms with Crippen molar-refractivity contribution >= 4 is 40.1 Å². The Labute approximate surface area is 217 Å². The van der Waals surface area contributed by atoms with Crippen molar-refractivity contribution in [2.24, 2.45) is 11.0 Å². The van der Waals surface area contributed by atoms with Crippen LogP contribution >= 0.6 is 23.4 Å². The van der Waals surface area contributed by atoms with Gasteiger partial charge in [0.2, 0.25) is 5.91 Å². The van der Waals surface area contributed by atoms with Crippen LogP contribution in [0.2, 0.25) is 5.02 Å². The number of likely N-dealkylation sites (tertiary alicyclic amines) is 3. The largest absolute Gasteiger partial charge is 0.353 e. The number of nitrogens with one attached hydrogen (secondary N) is 1. The minimum Gasteiger partial charge on any atom is -0.353 e. The zero-order valence-corrected chi connectivity index (χ0v) is 21.8. The molecule has 0 saturated carbocycles. The quantitative estimate of drug-likeness (QED) is 0.654. The van der Waals surface area contributed by atoms with Crippen molar-refractivity contribution in [1.82, 2.24) is 25.0 Å². The highest BCUT2D eigenvalue weighted by atomic mass is 35.5. The summed E-state index contributed by atoms with van der Waals surface area (Å²) in [5, 5.41) is 12.2. The Kier molecular flexibility index (Phi) is 6.87. The molecule has 0 aliphatic carbocycles. The van der Waals surface area contributed by atoms with E-state index in [2.05, 4.69) is 26.2 Å². The van der Waals surface area contributed by atoms with Crippen molar-refractivity contribution < 1.29 is 4.79 Å². The average Bonchev–Trinajstić information content (AvgIpc) is 3.62. The maximum Gasteiger partial charge on any atom is 0.226 e. The molecule has 2 atom stereocenters.